The van der Waals surface area contributed by atoms with Crippen molar-refractivity contribution in [3.05, 3.63) is 23.8 Å². The molecular formula is C10H8F7N3O4S. The molecule has 0 amide bonds. The van der Waals surface area contributed by atoms with Crippen molar-refractivity contribution in [1.82, 2.24) is 10.1 Å². The van der Waals surface area contributed by atoms with Crippen LogP contribution in [0.5, 0.6) is 0 Å². The van der Waals surface area contributed by atoms with E-state index in [1.165, 1.54) is 17.8 Å². The molecule has 1 aromatic heterocycles. The fraction of sp³-hybridized carbons (Fsp3) is 0.400. The van der Waals surface area contributed by atoms with E-state index in [1.807, 2.05) is 0 Å². The van der Waals surface area contributed by atoms with Gasteiger partial charge in [0.1, 0.15) is 12.3 Å². The zero-order valence-electron chi connectivity index (χ0n) is 12.0. The maximum absolute atomic E-state index is 12.5. The summed E-state index contributed by atoms with van der Waals surface area (Å²) in [5, 5.41) is 3.71. The Bertz CT molecular complexity index is 845. The van der Waals surface area contributed by atoms with Crippen LogP contribution in [0.3, 0.4) is 0 Å². The minimum absolute atomic E-state index is 0.202. The van der Waals surface area contributed by atoms with Crippen molar-refractivity contribution >= 4 is 21.2 Å². The Balaban J connectivity index is 0.000000333. The topological polar surface area (TPSA) is 88.1 Å². The molecule has 25 heavy (non-hydrogen) atoms. The summed E-state index contributed by atoms with van der Waals surface area (Å²) in [5.41, 5.74) is -5.97. The summed E-state index contributed by atoms with van der Waals surface area (Å²) in [4.78, 5) is 5.34. The Morgan fingerprint density at radius 2 is 1.76 bits per heavy atom. The minimum atomic E-state index is -6.09. The van der Waals surface area contributed by atoms with Crippen molar-refractivity contribution < 1.29 is 53.2 Å². The van der Waals surface area contributed by atoms with Crippen molar-refractivity contribution in [3.63, 3.8) is 0 Å². The van der Waals surface area contributed by atoms with Crippen LogP contribution in [0.25, 0.3) is 11.0 Å². The van der Waals surface area contributed by atoms with Crippen LogP contribution in [0.15, 0.2) is 18.2 Å². The second-order valence-electron chi connectivity index (χ2n) is 4.23. The molecule has 15 heteroatoms. The zero-order valence-corrected chi connectivity index (χ0v) is 12.8. The smallest absolute Gasteiger partial charge is 0.485 e. The molecule has 142 valence electrons. The molecule has 0 bridgehead atoms. The highest BCUT2D eigenvalue weighted by molar-refractivity contribution is 7.86. The van der Waals surface area contributed by atoms with Crippen LogP contribution in [-0.2, 0) is 23.3 Å². The van der Waals surface area contributed by atoms with Gasteiger partial charge in [-0.2, -0.15) is 26.3 Å². The number of nitrogens with zero attached hydrogens (tertiary/aromatic N) is 3. The highest BCUT2D eigenvalue weighted by Crippen LogP contribution is 2.30. The van der Waals surface area contributed by atoms with Crippen molar-refractivity contribution in [3.8, 4) is 0 Å². The summed E-state index contributed by atoms with van der Waals surface area (Å²) in [7, 11) is -4.65. The summed E-state index contributed by atoms with van der Waals surface area (Å²) in [5.74, 6) is 0. The van der Waals surface area contributed by atoms with E-state index in [1.54, 1.807) is 0 Å². The molecule has 0 fully saturated rings. The number of aromatic nitrogens is 3. The van der Waals surface area contributed by atoms with Crippen LogP contribution >= 0.6 is 0 Å². The number of hydrogen-bond acceptors (Lipinski definition) is 5. The monoisotopic (exact) mass is 399 g/mol. The molecule has 0 aliphatic heterocycles. The molecule has 0 radical (unpaired) electrons. The molecule has 0 aliphatic rings. The molecule has 7 nitrogen and oxygen atoms in total. The van der Waals surface area contributed by atoms with E-state index in [0.717, 1.165) is 17.0 Å². The van der Waals surface area contributed by atoms with Gasteiger partial charge in [-0.15, -0.1) is 4.68 Å². The largest absolute Gasteiger partial charge is 0.741 e. The number of rotatable bonds is 2. The Labute approximate surface area is 134 Å². The van der Waals surface area contributed by atoms with E-state index in [9.17, 15) is 30.7 Å². The van der Waals surface area contributed by atoms with Gasteiger partial charge in [0, 0.05) is 6.07 Å². The third-order valence-electron chi connectivity index (χ3n) is 2.53. The summed E-state index contributed by atoms with van der Waals surface area (Å²) >= 11 is 0. The lowest BCUT2D eigenvalue weighted by Gasteiger charge is -2.08. The lowest BCUT2D eigenvalue weighted by atomic mass is 10.2. The first-order valence-corrected chi connectivity index (χ1v) is 7.27. The third-order valence-corrected chi connectivity index (χ3v) is 3.09. The normalized spacial score (nSPS) is 12.7. The molecule has 0 unspecified atom stereocenters. The fourth-order valence-electron chi connectivity index (χ4n) is 1.48. The average Bonchev–Trinajstić information content (AvgIpc) is 2.73. The van der Waals surface area contributed by atoms with Gasteiger partial charge in [-0.05, 0) is 12.1 Å². The average molecular weight is 399 g/mol. The first-order chi connectivity index (χ1) is 11.2. The summed E-state index contributed by atoms with van der Waals surface area (Å²) in [6.45, 7) is -1.11. The first kappa shape index (κ1) is 20.9. The van der Waals surface area contributed by atoms with Gasteiger partial charge in [-0.1, -0.05) is 0 Å². The van der Waals surface area contributed by atoms with Gasteiger partial charge in [-0.25, -0.2) is 12.8 Å². The van der Waals surface area contributed by atoms with Gasteiger partial charge in [0.05, 0.1) is 10.4 Å². The van der Waals surface area contributed by atoms with E-state index in [0.29, 0.717) is 0 Å². The van der Waals surface area contributed by atoms with E-state index >= 15 is 0 Å². The standard InChI is InChI=1S/C9H8F4N3O.CHF3O3S/c1-15-8-4-6(9(11,12)13)2-3-7(8)16(14-15)17-5-10;2-1(3,4)8(5,6)7/h2-4H,5H2,1H3;(H,5,6,7)/q+1;/p-1. The quantitative estimate of drug-likeness (QED) is 0.329. The number of aryl methyl sites for hydroxylation is 1. The third kappa shape index (κ3) is 5.15. The molecule has 2 aromatic rings. The van der Waals surface area contributed by atoms with Gasteiger partial charge in [0.15, 0.2) is 10.1 Å². The van der Waals surface area contributed by atoms with Crippen molar-refractivity contribution in [2.45, 2.75) is 11.7 Å². The lowest BCUT2D eigenvalue weighted by Crippen LogP contribution is -2.32. The Hall–Kier alpha value is -2.16. The van der Waals surface area contributed by atoms with E-state index in [-0.39, 0.29) is 11.0 Å². The van der Waals surface area contributed by atoms with Crippen LogP contribution in [0, 0.1) is 0 Å². The summed E-state index contributed by atoms with van der Waals surface area (Å²) in [6.07, 6.45) is -4.43. The number of benzene rings is 1. The zero-order chi connectivity index (χ0) is 19.6. The molecule has 0 saturated carbocycles. The van der Waals surface area contributed by atoms with Crippen molar-refractivity contribution in [2.75, 3.05) is 6.86 Å². The molecule has 0 N–H and O–H groups in total. The van der Waals surface area contributed by atoms with Gasteiger partial charge < -0.3 is 4.55 Å². The van der Waals surface area contributed by atoms with Gasteiger partial charge in [0.25, 0.3) is 6.86 Å². The Morgan fingerprint density at radius 1 is 1.24 bits per heavy atom. The lowest BCUT2D eigenvalue weighted by molar-refractivity contribution is -0.711. The molecule has 2 rings (SSSR count). The second kappa shape index (κ2) is 6.99. The van der Waals surface area contributed by atoms with Crippen LogP contribution in [0.2, 0.25) is 0 Å². The van der Waals surface area contributed by atoms with Gasteiger partial charge >= 0.3 is 11.7 Å². The van der Waals surface area contributed by atoms with E-state index < -0.39 is 34.2 Å². The van der Waals surface area contributed by atoms with Gasteiger partial charge in [0.2, 0.25) is 11.0 Å². The maximum atomic E-state index is 12.5. The van der Waals surface area contributed by atoms with Crippen molar-refractivity contribution in [2.24, 2.45) is 7.05 Å². The van der Waals surface area contributed by atoms with Crippen LogP contribution in [-0.4, -0.2) is 35.4 Å². The predicted octanol–water partition coefficient (Wildman–Crippen LogP) is 1.29. The van der Waals surface area contributed by atoms with E-state index in [2.05, 4.69) is 10.1 Å². The summed E-state index contributed by atoms with van der Waals surface area (Å²) < 4.78 is 110. The molecule has 0 spiro atoms. The number of halogens is 7. The molecule has 0 atom stereocenters. The van der Waals surface area contributed by atoms with Crippen LogP contribution < -0.4 is 9.52 Å². The predicted molar refractivity (Wildman–Crippen MR) is 64.2 cm³/mol. The summed E-state index contributed by atoms with van der Waals surface area (Å²) in [6, 6.07) is 3.00. The van der Waals surface area contributed by atoms with Crippen LogP contribution in [0.1, 0.15) is 5.56 Å². The second-order valence-corrected chi connectivity index (χ2v) is 5.60. The SMILES string of the molecule is C[n+]1nn(OCF)c2ccc(C(F)(F)F)cc21.O=S(=O)([O-])C(F)(F)F. The Kier molecular flexibility index (Phi) is 5.84. The first-order valence-electron chi connectivity index (χ1n) is 5.86. The molecule has 0 aliphatic carbocycles. The molecule has 0 saturated heterocycles. The molecule has 1 aromatic carbocycles. The molecule has 1 heterocycles. The fourth-order valence-corrected chi connectivity index (χ4v) is 1.48. The maximum Gasteiger partial charge on any atom is 0.485 e. The Morgan fingerprint density at radius 3 is 2.16 bits per heavy atom. The minimum Gasteiger partial charge on any atom is -0.741 e. The number of hydrogen-bond donors (Lipinski definition) is 0. The van der Waals surface area contributed by atoms with Gasteiger partial charge in [-0.3, -0.25) is 4.84 Å². The van der Waals surface area contributed by atoms with E-state index in [4.69, 9.17) is 13.0 Å². The molecular weight excluding hydrogens is 391 g/mol. The highest BCUT2D eigenvalue weighted by Gasteiger charge is 2.37. The van der Waals surface area contributed by atoms with Crippen LogP contribution in [0.4, 0.5) is 30.7 Å². The number of alkyl halides is 7. The highest BCUT2D eigenvalue weighted by atomic mass is 32.2. The van der Waals surface area contributed by atoms with Crippen molar-refractivity contribution in [1.29, 1.82) is 0 Å². The number of fused-ring (bicyclic) bond motifs is 1.